The number of para-hydroxylation sites is 2. The first-order valence-corrected chi connectivity index (χ1v) is 10.1. The Kier molecular flexibility index (Phi) is 7.11. The van der Waals surface area contributed by atoms with Crippen molar-refractivity contribution in [1.29, 1.82) is 0 Å². The number of nitrogens with zero attached hydrogens (tertiary/aromatic N) is 1. The molecule has 0 aromatic heterocycles. The first-order chi connectivity index (χ1) is 14.1. The summed E-state index contributed by atoms with van der Waals surface area (Å²) in [7, 11) is 0. The molecule has 0 fully saturated rings. The third-order valence-electron chi connectivity index (χ3n) is 5.05. The molecule has 1 atom stereocenters. The molecule has 0 radical (unpaired) electrons. The molecule has 6 heteroatoms. The maximum atomic E-state index is 12.7. The highest BCUT2D eigenvalue weighted by molar-refractivity contribution is 5.85. The Labute approximate surface area is 171 Å². The van der Waals surface area contributed by atoms with Gasteiger partial charge in [0, 0.05) is 6.04 Å². The van der Waals surface area contributed by atoms with Gasteiger partial charge in [0.1, 0.15) is 18.9 Å². The maximum absolute atomic E-state index is 12.7. The van der Waals surface area contributed by atoms with E-state index in [-0.39, 0.29) is 31.1 Å². The van der Waals surface area contributed by atoms with Gasteiger partial charge in [-0.15, -0.1) is 0 Å². The van der Waals surface area contributed by atoms with Crippen molar-refractivity contribution in [3.63, 3.8) is 0 Å². The van der Waals surface area contributed by atoms with E-state index in [1.54, 1.807) is 0 Å². The van der Waals surface area contributed by atoms with Crippen molar-refractivity contribution in [2.24, 2.45) is 0 Å². The molecule has 0 saturated heterocycles. The number of fused-ring (bicyclic) bond motifs is 1. The molecule has 3 rings (SSSR count). The summed E-state index contributed by atoms with van der Waals surface area (Å²) in [6.45, 7) is 4.66. The van der Waals surface area contributed by atoms with Gasteiger partial charge in [-0.05, 0) is 30.5 Å². The number of carbonyl (C=O) groups excluding carboxylic acids is 2. The van der Waals surface area contributed by atoms with E-state index in [0.717, 1.165) is 24.1 Å². The van der Waals surface area contributed by atoms with Gasteiger partial charge in [-0.25, -0.2) is 0 Å². The summed E-state index contributed by atoms with van der Waals surface area (Å²) in [6.07, 6.45) is 1.05. The van der Waals surface area contributed by atoms with Gasteiger partial charge in [0.05, 0.1) is 12.2 Å². The minimum absolute atomic E-state index is 0.0575. The van der Waals surface area contributed by atoms with Crippen molar-refractivity contribution in [1.82, 2.24) is 5.32 Å². The van der Waals surface area contributed by atoms with Gasteiger partial charge in [0.25, 0.3) is 5.91 Å². The van der Waals surface area contributed by atoms with E-state index in [1.165, 1.54) is 0 Å². The largest absolute Gasteiger partial charge is 0.477 e. The standard InChI is InChI=1S/C23H28N2O4/c1-3-18(4-2)24-23(27)21-14-25(19-12-8-9-13-20(19)29-21)15-22(26)28-16-17-10-6-5-7-11-17/h5-13,18,21H,3-4,14-16H2,1-2H3,(H,24,27). The van der Waals surface area contributed by atoms with Gasteiger partial charge in [-0.3, -0.25) is 9.59 Å². The van der Waals surface area contributed by atoms with Crippen LogP contribution in [0.3, 0.4) is 0 Å². The summed E-state index contributed by atoms with van der Waals surface area (Å²) < 4.78 is 11.3. The topological polar surface area (TPSA) is 67.9 Å². The molecular weight excluding hydrogens is 368 g/mol. The van der Waals surface area contributed by atoms with Crippen LogP contribution in [0, 0.1) is 0 Å². The number of rotatable bonds is 8. The van der Waals surface area contributed by atoms with Crippen LogP contribution in [-0.4, -0.2) is 37.1 Å². The molecule has 2 aromatic carbocycles. The summed E-state index contributed by atoms with van der Waals surface area (Å²) in [4.78, 5) is 27.0. The van der Waals surface area contributed by atoms with Crippen LogP contribution >= 0.6 is 0 Å². The molecule has 2 aromatic rings. The van der Waals surface area contributed by atoms with Gasteiger partial charge >= 0.3 is 5.97 Å². The smallest absolute Gasteiger partial charge is 0.325 e. The summed E-state index contributed by atoms with van der Waals surface area (Å²) in [5.74, 6) is 0.0971. The minimum Gasteiger partial charge on any atom is -0.477 e. The van der Waals surface area contributed by atoms with Crippen molar-refractivity contribution >= 4 is 17.6 Å². The van der Waals surface area contributed by atoms with Crippen LogP contribution in [0.5, 0.6) is 5.75 Å². The molecule has 0 bridgehead atoms. The maximum Gasteiger partial charge on any atom is 0.325 e. The first-order valence-electron chi connectivity index (χ1n) is 10.1. The van der Waals surface area contributed by atoms with E-state index in [1.807, 2.05) is 73.3 Å². The number of esters is 1. The van der Waals surface area contributed by atoms with Crippen molar-refractivity contribution in [2.75, 3.05) is 18.0 Å². The van der Waals surface area contributed by atoms with Gasteiger partial charge in [0.2, 0.25) is 0 Å². The van der Waals surface area contributed by atoms with Gasteiger partial charge in [-0.1, -0.05) is 56.3 Å². The molecule has 154 valence electrons. The fourth-order valence-corrected chi connectivity index (χ4v) is 3.32. The molecule has 6 nitrogen and oxygen atoms in total. The average Bonchev–Trinajstić information content (AvgIpc) is 2.76. The number of hydrogen-bond acceptors (Lipinski definition) is 5. The number of ether oxygens (including phenoxy) is 2. The summed E-state index contributed by atoms with van der Waals surface area (Å²) in [5.41, 5.74) is 1.72. The van der Waals surface area contributed by atoms with Crippen LogP contribution < -0.4 is 15.0 Å². The third-order valence-corrected chi connectivity index (χ3v) is 5.05. The fourth-order valence-electron chi connectivity index (χ4n) is 3.32. The highest BCUT2D eigenvalue weighted by atomic mass is 16.5. The second-order valence-electron chi connectivity index (χ2n) is 7.12. The zero-order valence-corrected chi connectivity index (χ0v) is 17.0. The molecule has 1 N–H and O–H groups in total. The number of benzene rings is 2. The van der Waals surface area contributed by atoms with Crippen LogP contribution in [-0.2, 0) is 20.9 Å². The highest BCUT2D eigenvalue weighted by Crippen LogP contribution is 2.33. The molecule has 1 aliphatic heterocycles. The molecular formula is C23H28N2O4. The Bertz CT molecular complexity index is 821. The van der Waals surface area contributed by atoms with E-state index in [0.29, 0.717) is 12.3 Å². The van der Waals surface area contributed by atoms with Crippen LogP contribution in [0.15, 0.2) is 54.6 Å². The number of hydrogen-bond donors (Lipinski definition) is 1. The predicted octanol–water partition coefficient (Wildman–Crippen LogP) is 3.30. The lowest BCUT2D eigenvalue weighted by molar-refractivity contribution is -0.143. The fraction of sp³-hybridized carbons (Fsp3) is 0.391. The van der Waals surface area contributed by atoms with Crippen molar-refractivity contribution in [3.8, 4) is 5.75 Å². The normalized spacial score (nSPS) is 15.4. The minimum atomic E-state index is -0.674. The Morgan fingerprint density at radius 3 is 2.52 bits per heavy atom. The lowest BCUT2D eigenvalue weighted by Crippen LogP contribution is -2.52. The van der Waals surface area contributed by atoms with Gasteiger partial charge in [0.15, 0.2) is 6.10 Å². The molecule has 1 unspecified atom stereocenters. The number of amides is 1. The Morgan fingerprint density at radius 2 is 1.79 bits per heavy atom. The van der Waals surface area contributed by atoms with E-state index < -0.39 is 6.10 Å². The molecule has 1 heterocycles. The van der Waals surface area contributed by atoms with E-state index >= 15 is 0 Å². The predicted molar refractivity (Wildman–Crippen MR) is 112 cm³/mol. The van der Waals surface area contributed by atoms with Crippen LogP contribution in [0.25, 0.3) is 0 Å². The van der Waals surface area contributed by atoms with E-state index in [2.05, 4.69) is 5.32 Å². The van der Waals surface area contributed by atoms with Crippen LogP contribution in [0.1, 0.15) is 32.3 Å². The van der Waals surface area contributed by atoms with Gasteiger partial charge < -0.3 is 19.7 Å². The van der Waals surface area contributed by atoms with Crippen molar-refractivity contribution in [3.05, 3.63) is 60.2 Å². The van der Waals surface area contributed by atoms with Crippen LogP contribution in [0.4, 0.5) is 5.69 Å². The van der Waals surface area contributed by atoms with Crippen molar-refractivity contribution < 1.29 is 19.1 Å². The summed E-state index contributed by atoms with van der Waals surface area (Å²) in [5, 5.41) is 3.03. The van der Waals surface area contributed by atoms with E-state index in [9.17, 15) is 9.59 Å². The second kappa shape index (κ2) is 9.96. The molecule has 0 saturated carbocycles. The van der Waals surface area contributed by atoms with Crippen molar-refractivity contribution in [2.45, 2.75) is 45.4 Å². The zero-order valence-electron chi connectivity index (χ0n) is 17.0. The van der Waals surface area contributed by atoms with Crippen LogP contribution in [0.2, 0.25) is 0 Å². The molecule has 0 aliphatic carbocycles. The number of carbonyl (C=O) groups is 2. The SMILES string of the molecule is CCC(CC)NC(=O)C1CN(CC(=O)OCc2ccccc2)c2ccccc2O1. The Hall–Kier alpha value is -3.02. The lowest BCUT2D eigenvalue weighted by Gasteiger charge is -2.35. The monoisotopic (exact) mass is 396 g/mol. The quantitative estimate of drug-likeness (QED) is 0.694. The second-order valence-corrected chi connectivity index (χ2v) is 7.12. The summed E-state index contributed by atoms with van der Waals surface area (Å²) >= 11 is 0. The van der Waals surface area contributed by atoms with Gasteiger partial charge in [-0.2, -0.15) is 0 Å². The zero-order chi connectivity index (χ0) is 20.6. The highest BCUT2D eigenvalue weighted by Gasteiger charge is 2.32. The Balaban J connectivity index is 1.66. The van der Waals surface area contributed by atoms with E-state index in [4.69, 9.17) is 9.47 Å². The molecule has 1 amide bonds. The average molecular weight is 396 g/mol. The Morgan fingerprint density at radius 1 is 1.10 bits per heavy atom. The lowest BCUT2D eigenvalue weighted by atomic mass is 10.1. The number of anilines is 1. The molecule has 1 aliphatic rings. The molecule has 0 spiro atoms. The third kappa shape index (κ3) is 5.50. The summed E-state index contributed by atoms with van der Waals surface area (Å²) in [6, 6.07) is 17.1. The first kappa shape index (κ1) is 20.7. The number of nitrogens with one attached hydrogen (secondary N) is 1. The molecule has 29 heavy (non-hydrogen) atoms.